The van der Waals surface area contributed by atoms with E-state index in [0.29, 0.717) is 6.61 Å². The first-order valence-electron chi connectivity index (χ1n) is 8.94. The predicted octanol–water partition coefficient (Wildman–Crippen LogP) is 5.13. The zero-order chi connectivity index (χ0) is 16.2. The van der Waals surface area contributed by atoms with Crippen LogP contribution < -0.4 is 9.64 Å². The first kappa shape index (κ1) is 15.1. The van der Waals surface area contributed by atoms with Gasteiger partial charge in [0.25, 0.3) is 0 Å². The fourth-order valence-electron chi connectivity index (χ4n) is 3.54. The molecule has 2 heterocycles. The van der Waals surface area contributed by atoms with Crippen LogP contribution in [0, 0.1) is 0 Å². The van der Waals surface area contributed by atoms with E-state index in [1.807, 2.05) is 6.07 Å². The van der Waals surface area contributed by atoms with Crippen molar-refractivity contribution in [1.29, 1.82) is 0 Å². The molecule has 124 valence electrons. The molecule has 3 nitrogen and oxygen atoms in total. The number of ether oxygens (including phenoxy) is 1. The number of hydrogen-bond acceptors (Lipinski definition) is 2. The summed E-state index contributed by atoms with van der Waals surface area (Å²) < 4.78 is 6.21. The Hall–Kier alpha value is -2.42. The van der Waals surface area contributed by atoms with Crippen molar-refractivity contribution >= 4 is 16.6 Å². The third-order valence-corrected chi connectivity index (χ3v) is 4.79. The van der Waals surface area contributed by atoms with Crippen molar-refractivity contribution in [2.24, 2.45) is 0 Å². The monoisotopic (exact) mass is 320 g/mol. The van der Waals surface area contributed by atoms with Crippen LogP contribution in [0.2, 0.25) is 0 Å². The number of hydrogen-bond donors (Lipinski definition) is 1. The van der Waals surface area contributed by atoms with Gasteiger partial charge in [-0.1, -0.05) is 61.4 Å². The van der Waals surface area contributed by atoms with Crippen LogP contribution in [-0.4, -0.2) is 18.1 Å². The Morgan fingerprint density at radius 2 is 1.54 bits per heavy atom. The number of nitrogens with zero attached hydrogens (tertiary/aromatic N) is 1. The molecule has 4 rings (SSSR count). The minimum atomic E-state index is 0.592. The van der Waals surface area contributed by atoms with Gasteiger partial charge < -0.3 is 14.6 Å². The lowest BCUT2D eigenvalue weighted by Gasteiger charge is -2.23. The summed E-state index contributed by atoms with van der Waals surface area (Å²) in [6.45, 7) is 2.82. The molecule has 0 aliphatic carbocycles. The Kier molecular flexibility index (Phi) is 4.41. The van der Waals surface area contributed by atoms with Crippen molar-refractivity contribution in [3.8, 4) is 5.88 Å². The van der Waals surface area contributed by atoms with Crippen molar-refractivity contribution in [2.45, 2.75) is 32.3 Å². The molecule has 1 fully saturated rings. The minimum absolute atomic E-state index is 0.592. The summed E-state index contributed by atoms with van der Waals surface area (Å²) in [5.41, 5.74) is 3.58. The van der Waals surface area contributed by atoms with Gasteiger partial charge in [-0.05, 0) is 24.5 Å². The number of aromatic amines is 1. The number of para-hydroxylation sites is 1. The molecule has 24 heavy (non-hydrogen) atoms. The van der Waals surface area contributed by atoms with Gasteiger partial charge in [0.1, 0.15) is 12.3 Å². The highest BCUT2D eigenvalue weighted by molar-refractivity contribution is 5.96. The van der Waals surface area contributed by atoms with E-state index in [-0.39, 0.29) is 0 Å². The highest BCUT2D eigenvalue weighted by atomic mass is 16.5. The van der Waals surface area contributed by atoms with Crippen LogP contribution in [0.15, 0.2) is 54.6 Å². The predicted molar refractivity (Wildman–Crippen MR) is 99.8 cm³/mol. The Labute approximate surface area is 143 Å². The molecule has 3 aromatic rings. The highest BCUT2D eigenvalue weighted by Gasteiger charge is 2.20. The molecule has 1 aliphatic rings. The Morgan fingerprint density at radius 3 is 2.33 bits per heavy atom. The number of H-pyrrole nitrogens is 1. The third kappa shape index (κ3) is 3.12. The first-order chi connectivity index (χ1) is 11.9. The molecule has 0 atom stereocenters. The van der Waals surface area contributed by atoms with Crippen molar-refractivity contribution < 1.29 is 4.74 Å². The molecule has 1 N–H and O–H groups in total. The summed E-state index contributed by atoms with van der Waals surface area (Å²) in [5.74, 6) is 0.905. The second kappa shape index (κ2) is 7.00. The van der Waals surface area contributed by atoms with Crippen LogP contribution >= 0.6 is 0 Å². The fourth-order valence-corrected chi connectivity index (χ4v) is 3.54. The van der Waals surface area contributed by atoms with Gasteiger partial charge >= 0.3 is 0 Å². The second-order valence-electron chi connectivity index (χ2n) is 6.52. The van der Waals surface area contributed by atoms with Crippen LogP contribution in [0.4, 0.5) is 5.69 Å². The van der Waals surface area contributed by atoms with Gasteiger partial charge in [0.15, 0.2) is 0 Å². The molecular formula is C21H24N2O. The van der Waals surface area contributed by atoms with Crippen molar-refractivity contribution in [2.75, 3.05) is 18.0 Å². The average molecular weight is 320 g/mol. The summed E-state index contributed by atoms with van der Waals surface area (Å²) in [5, 5.41) is 1.27. The summed E-state index contributed by atoms with van der Waals surface area (Å²) >= 11 is 0. The second-order valence-corrected chi connectivity index (χ2v) is 6.52. The van der Waals surface area contributed by atoms with Gasteiger partial charge in [-0.15, -0.1) is 0 Å². The number of nitrogens with one attached hydrogen (secondary N) is 1. The smallest absolute Gasteiger partial charge is 0.216 e. The largest absolute Gasteiger partial charge is 0.473 e. The SMILES string of the molecule is c1ccc(COc2[nH]c3ccccc3c2N2CCCCCC2)cc1. The maximum atomic E-state index is 6.21. The third-order valence-electron chi connectivity index (χ3n) is 4.79. The fraction of sp³-hybridized carbons (Fsp3) is 0.333. The molecule has 0 bridgehead atoms. The van der Waals surface area contributed by atoms with E-state index in [2.05, 4.69) is 58.4 Å². The molecule has 0 unspecified atom stereocenters. The van der Waals surface area contributed by atoms with Crippen molar-refractivity contribution in [3.05, 3.63) is 60.2 Å². The van der Waals surface area contributed by atoms with E-state index in [1.54, 1.807) is 0 Å². The number of aromatic nitrogens is 1. The maximum Gasteiger partial charge on any atom is 0.216 e. The standard InChI is InChI=1S/C21H24N2O/c1-2-9-15-23(14-8-1)20-18-12-6-7-13-19(18)22-21(20)24-16-17-10-4-3-5-11-17/h3-7,10-13,22H,1-2,8-9,14-16H2. The van der Waals surface area contributed by atoms with Gasteiger partial charge in [0.2, 0.25) is 5.88 Å². The Morgan fingerprint density at radius 1 is 0.833 bits per heavy atom. The summed E-state index contributed by atoms with van der Waals surface area (Å²) in [6.07, 6.45) is 5.19. The van der Waals surface area contributed by atoms with Gasteiger partial charge in [-0.25, -0.2) is 0 Å². The van der Waals surface area contributed by atoms with E-state index in [4.69, 9.17) is 4.74 Å². The van der Waals surface area contributed by atoms with E-state index < -0.39 is 0 Å². The normalized spacial score (nSPS) is 15.4. The van der Waals surface area contributed by atoms with Crippen LogP contribution in [0.1, 0.15) is 31.2 Å². The first-order valence-corrected chi connectivity index (χ1v) is 8.94. The number of anilines is 1. The average Bonchev–Trinajstić information content (AvgIpc) is 2.79. The van der Waals surface area contributed by atoms with Crippen LogP contribution in [0.3, 0.4) is 0 Å². The van der Waals surface area contributed by atoms with E-state index in [0.717, 1.165) is 24.5 Å². The molecule has 0 spiro atoms. The van der Waals surface area contributed by atoms with E-state index in [9.17, 15) is 0 Å². The summed E-state index contributed by atoms with van der Waals surface area (Å²) in [4.78, 5) is 5.99. The van der Waals surface area contributed by atoms with E-state index >= 15 is 0 Å². The zero-order valence-corrected chi connectivity index (χ0v) is 14.0. The van der Waals surface area contributed by atoms with Gasteiger partial charge in [-0.2, -0.15) is 0 Å². The number of rotatable bonds is 4. The molecule has 0 saturated carbocycles. The lowest BCUT2D eigenvalue weighted by Crippen LogP contribution is -2.24. The van der Waals surface area contributed by atoms with Crippen LogP contribution in [0.5, 0.6) is 5.88 Å². The highest BCUT2D eigenvalue weighted by Crippen LogP contribution is 2.38. The summed E-state index contributed by atoms with van der Waals surface area (Å²) in [6, 6.07) is 18.9. The van der Waals surface area contributed by atoms with Gasteiger partial charge in [-0.3, -0.25) is 0 Å². The molecule has 1 aromatic heterocycles. The van der Waals surface area contributed by atoms with Crippen LogP contribution in [-0.2, 0) is 6.61 Å². The molecule has 0 radical (unpaired) electrons. The molecule has 3 heteroatoms. The number of benzene rings is 2. The van der Waals surface area contributed by atoms with Gasteiger partial charge in [0.05, 0.1) is 5.52 Å². The van der Waals surface area contributed by atoms with E-state index in [1.165, 1.54) is 42.3 Å². The Bertz CT molecular complexity index is 786. The molecule has 0 amide bonds. The molecule has 2 aromatic carbocycles. The topological polar surface area (TPSA) is 28.3 Å². The quantitative estimate of drug-likeness (QED) is 0.722. The minimum Gasteiger partial charge on any atom is -0.473 e. The molecule has 1 saturated heterocycles. The van der Waals surface area contributed by atoms with Gasteiger partial charge in [0, 0.05) is 18.5 Å². The van der Waals surface area contributed by atoms with Crippen molar-refractivity contribution in [1.82, 2.24) is 4.98 Å². The zero-order valence-electron chi connectivity index (χ0n) is 14.0. The Balaban J connectivity index is 1.67. The number of fused-ring (bicyclic) bond motifs is 1. The lowest BCUT2D eigenvalue weighted by molar-refractivity contribution is 0.296. The van der Waals surface area contributed by atoms with Crippen molar-refractivity contribution in [3.63, 3.8) is 0 Å². The molecule has 1 aliphatic heterocycles. The lowest BCUT2D eigenvalue weighted by atomic mass is 10.2. The maximum absolute atomic E-state index is 6.21. The molecular weight excluding hydrogens is 296 g/mol. The van der Waals surface area contributed by atoms with Crippen LogP contribution in [0.25, 0.3) is 10.9 Å². The summed E-state index contributed by atoms with van der Waals surface area (Å²) in [7, 11) is 0.